The van der Waals surface area contributed by atoms with Gasteiger partial charge in [0.15, 0.2) is 0 Å². The molecule has 2 saturated heterocycles. The number of piperidine rings is 1. The van der Waals surface area contributed by atoms with Crippen molar-refractivity contribution in [1.82, 2.24) is 15.1 Å². The Labute approximate surface area is 188 Å². The molecule has 0 N–H and O–H groups in total. The van der Waals surface area contributed by atoms with E-state index in [1.807, 2.05) is 0 Å². The van der Waals surface area contributed by atoms with Crippen LogP contribution in [0.15, 0.2) is 34.9 Å². The van der Waals surface area contributed by atoms with Crippen LogP contribution in [0.3, 0.4) is 0 Å². The van der Waals surface area contributed by atoms with Crippen LogP contribution in [0.2, 0.25) is 10.0 Å². The van der Waals surface area contributed by atoms with Gasteiger partial charge in [0.1, 0.15) is 0 Å². The van der Waals surface area contributed by atoms with E-state index in [9.17, 15) is 4.39 Å². The van der Waals surface area contributed by atoms with Gasteiger partial charge < -0.3 is 19.1 Å². The Morgan fingerprint density at radius 3 is 2.52 bits per heavy atom. The van der Waals surface area contributed by atoms with Gasteiger partial charge >= 0.3 is 6.01 Å². The third kappa shape index (κ3) is 4.02. The van der Waals surface area contributed by atoms with Crippen LogP contribution in [0.25, 0.3) is 11.4 Å². The Balaban J connectivity index is 1.30. The molecule has 2 aliphatic heterocycles. The maximum atomic E-state index is 13.8. The van der Waals surface area contributed by atoms with Gasteiger partial charge in [-0.15, -0.1) is 0 Å². The van der Waals surface area contributed by atoms with Gasteiger partial charge in [-0.3, -0.25) is 0 Å². The summed E-state index contributed by atoms with van der Waals surface area (Å²) in [6.45, 7) is 3.28. The van der Waals surface area contributed by atoms with Crippen molar-refractivity contribution in [2.24, 2.45) is 5.41 Å². The average Bonchev–Trinajstić information content (AvgIpc) is 3.21. The Hall–Kier alpha value is -2.58. The number of nitrogens with zero attached hydrogens (tertiary/aromatic N) is 5. The van der Waals surface area contributed by atoms with Crippen molar-refractivity contribution >= 4 is 34.9 Å². The summed E-state index contributed by atoms with van der Waals surface area (Å²) < 4.78 is 24.4. The van der Waals surface area contributed by atoms with Gasteiger partial charge in [-0.1, -0.05) is 28.4 Å². The van der Waals surface area contributed by atoms with Crippen LogP contribution in [-0.4, -0.2) is 48.4 Å². The number of anilines is 2. The van der Waals surface area contributed by atoms with E-state index < -0.39 is 5.95 Å². The summed E-state index contributed by atoms with van der Waals surface area (Å²) in [6.07, 6.45) is 2.11. The molecule has 2 fully saturated rings. The second kappa shape index (κ2) is 7.84. The molecule has 0 amide bonds. The van der Waals surface area contributed by atoms with Gasteiger partial charge in [0.2, 0.25) is 17.7 Å². The Morgan fingerprint density at radius 1 is 1.03 bits per heavy atom. The molecule has 2 aliphatic rings. The van der Waals surface area contributed by atoms with Gasteiger partial charge in [0, 0.05) is 65.0 Å². The van der Waals surface area contributed by atoms with Gasteiger partial charge in [-0.2, -0.15) is 14.4 Å². The Bertz CT molecular complexity index is 1100. The first-order valence-corrected chi connectivity index (χ1v) is 10.7. The lowest BCUT2D eigenvalue weighted by atomic mass is 9.73. The van der Waals surface area contributed by atoms with Crippen molar-refractivity contribution in [2.45, 2.75) is 12.8 Å². The molecule has 0 bridgehead atoms. The van der Waals surface area contributed by atoms with Crippen LogP contribution >= 0.6 is 23.2 Å². The summed E-state index contributed by atoms with van der Waals surface area (Å²) in [4.78, 5) is 12.5. The number of ether oxygens (including phenoxy) is 1. The fourth-order valence-electron chi connectivity index (χ4n) is 4.47. The molecular formula is C21H20Cl2FN5O2. The maximum Gasteiger partial charge on any atom is 0.324 e. The maximum absolute atomic E-state index is 13.8. The molecule has 0 saturated carbocycles. The lowest BCUT2D eigenvalue weighted by Crippen LogP contribution is -2.63. The monoisotopic (exact) mass is 463 g/mol. The fraction of sp³-hybridized carbons (Fsp3) is 0.381. The molecule has 1 spiro atoms. The third-order valence-corrected chi connectivity index (χ3v) is 6.29. The molecule has 31 heavy (non-hydrogen) atoms. The smallest absolute Gasteiger partial charge is 0.324 e. The first-order chi connectivity index (χ1) is 14.9. The van der Waals surface area contributed by atoms with Crippen LogP contribution in [-0.2, 0) is 0 Å². The normalized spacial score (nSPS) is 17.7. The van der Waals surface area contributed by atoms with Gasteiger partial charge in [-0.05, 0) is 31.0 Å². The average molecular weight is 464 g/mol. The number of hydrogen-bond donors (Lipinski definition) is 0. The summed E-state index contributed by atoms with van der Waals surface area (Å²) >= 11 is 12.2. The van der Waals surface area contributed by atoms with Crippen LogP contribution in [0.1, 0.15) is 12.8 Å². The predicted molar refractivity (Wildman–Crippen MR) is 117 cm³/mol. The van der Waals surface area contributed by atoms with E-state index in [-0.39, 0.29) is 11.3 Å². The second-order valence-corrected chi connectivity index (χ2v) is 9.00. The largest absolute Gasteiger partial charge is 0.481 e. The van der Waals surface area contributed by atoms with Crippen molar-refractivity contribution in [1.29, 1.82) is 0 Å². The van der Waals surface area contributed by atoms with E-state index in [4.69, 9.17) is 32.5 Å². The number of rotatable bonds is 4. The van der Waals surface area contributed by atoms with E-state index in [1.165, 1.54) is 13.2 Å². The fourth-order valence-corrected chi connectivity index (χ4v) is 4.99. The van der Waals surface area contributed by atoms with E-state index in [0.29, 0.717) is 27.4 Å². The minimum absolute atomic E-state index is 0.0965. The molecule has 3 aromatic rings. The number of aromatic nitrogens is 3. The van der Waals surface area contributed by atoms with Gasteiger partial charge in [-0.25, -0.2) is 0 Å². The molecule has 0 radical (unpaired) electrons. The molecule has 5 rings (SSSR count). The second-order valence-electron chi connectivity index (χ2n) is 8.13. The summed E-state index contributed by atoms with van der Waals surface area (Å²) in [6, 6.07) is 8.86. The highest BCUT2D eigenvalue weighted by Gasteiger charge is 2.46. The van der Waals surface area contributed by atoms with Gasteiger partial charge in [0.25, 0.3) is 0 Å². The Kier molecular flexibility index (Phi) is 5.14. The molecule has 0 atom stereocenters. The molecular weight excluding hydrogens is 444 g/mol. The van der Waals surface area contributed by atoms with Gasteiger partial charge in [0.05, 0.1) is 7.11 Å². The highest BCUT2D eigenvalue weighted by molar-refractivity contribution is 6.35. The summed E-state index contributed by atoms with van der Waals surface area (Å²) in [5.41, 5.74) is 1.59. The zero-order chi connectivity index (χ0) is 21.6. The predicted octanol–water partition coefficient (Wildman–Crippen LogP) is 4.69. The van der Waals surface area contributed by atoms with Crippen molar-refractivity contribution in [3.8, 4) is 17.3 Å². The molecule has 162 valence electrons. The van der Waals surface area contributed by atoms with Crippen molar-refractivity contribution in [3.63, 3.8) is 0 Å². The molecule has 7 nitrogen and oxygen atoms in total. The van der Waals surface area contributed by atoms with Crippen LogP contribution < -0.4 is 14.5 Å². The minimum Gasteiger partial charge on any atom is -0.481 e. The van der Waals surface area contributed by atoms with E-state index in [2.05, 4.69) is 24.9 Å². The molecule has 0 aliphatic carbocycles. The number of methoxy groups -OCH3 is 1. The zero-order valence-electron chi connectivity index (χ0n) is 16.8. The van der Waals surface area contributed by atoms with E-state index in [1.54, 1.807) is 24.3 Å². The van der Waals surface area contributed by atoms with Crippen molar-refractivity contribution in [3.05, 3.63) is 46.3 Å². The SMILES string of the molecule is COc1cc(N2CC3(CCCN(c4nc(-c5cc(Cl)cc(Cl)c5)no4)C3)C2)cc(F)n1. The molecule has 0 unspecified atom stereocenters. The number of pyridine rings is 1. The summed E-state index contributed by atoms with van der Waals surface area (Å²) in [5, 5.41) is 5.14. The molecule has 4 heterocycles. The topological polar surface area (TPSA) is 67.5 Å². The van der Waals surface area contributed by atoms with Crippen LogP contribution in [0.4, 0.5) is 16.1 Å². The summed E-state index contributed by atoms with van der Waals surface area (Å²) in [7, 11) is 1.48. The highest BCUT2D eigenvalue weighted by atomic mass is 35.5. The van der Waals surface area contributed by atoms with Crippen LogP contribution in [0, 0.1) is 11.4 Å². The number of halogens is 3. The third-order valence-electron chi connectivity index (χ3n) is 5.85. The Morgan fingerprint density at radius 2 is 1.77 bits per heavy atom. The van der Waals surface area contributed by atoms with E-state index in [0.717, 1.165) is 44.7 Å². The lowest BCUT2D eigenvalue weighted by molar-refractivity contribution is 0.169. The minimum atomic E-state index is -0.542. The highest BCUT2D eigenvalue weighted by Crippen LogP contribution is 2.43. The molecule has 1 aromatic carbocycles. The first kappa shape index (κ1) is 20.3. The standard InChI is InChI=1S/C21H20Cl2FN5O2/c1-30-18-9-16(8-17(24)25-18)29-11-21(12-29)3-2-4-28(10-21)20-26-19(27-31-20)13-5-14(22)7-15(23)6-13/h5-9H,2-4,10-12H2,1H3. The van der Waals surface area contributed by atoms with Crippen molar-refractivity contribution < 1.29 is 13.7 Å². The number of hydrogen-bond acceptors (Lipinski definition) is 7. The lowest BCUT2D eigenvalue weighted by Gasteiger charge is -2.55. The van der Waals surface area contributed by atoms with Crippen molar-refractivity contribution in [2.75, 3.05) is 43.1 Å². The zero-order valence-corrected chi connectivity index (χ0v) is 18.3. The molecule has 10 heteroatoms. The van der Waals surface area contributed by atoms with Crippen LogP contribution in [0.5, 0.6) is 5.88 Å². The first-order valence-electron chi connectivity index (χ1n) is 9.95. The quantitative estimate of drug-likeness (QED) is 0.519. The summed E-state index contributed by atoms with van der Waals surface area (Å²) in [5.74, 6) is 0.189. The number of benzene rings is 1. The van der Waals surface area contributed by atoms with E-state index >= 15 is 0 Å². The molecule has 2 aromatic heterocycles.